The number of benzene rings is 2. The third kappa shape index (κ3) is 13.7. The first-order valence-corrected chi connectivity index (χ1v) is 15.1. The number of nitrogens with zero attached hydrogens (tertiary/aromatic N) is 1. The Morgan fingerprint density at radius 1 is 0.950 bits per heavy atom. The smallest absolute Gasteiger partial charge is 0.261 e. The number of aryl methyl sites for hydroxylation is 1. The number of rotatable bonds is 8. The molecule has 1 fully saturated rings. The second kappa shape index (κ2) is 20.3. The highest BCUT2D eigenvalue weighted by Gasteiger charge is 2.35. The number of sulfone groups is 1. The molecule has 2 aromatic rings. The van der Waals surface area contributed by atoms with Gasteiger partial charge in [-0.3, -0.25) is 4.79 Å². The van der Waals surface area contributed by atoms with Crippen LogP contribution in [-0.2, 0) is 21.2 Å². The van der Waals surface area contributed by atoms with E-state index in [9.17, 15) is 13.2 Å². The van der Waals surface area contributed by atoms with Crippen LogP contribution in [-0.4, -0.2) is 92.7 Å². The van der Waals surface area contributed by atoms with E-state index in [1.807, 2.05) is 13.0 Å². The summed E-state index contributed by atoms with van der Waals surface area (Å²) in [5, 5.41) is 23.3. The van der Waals surface area contributed by atoms with Gasteiger partial charge in [-0.2, -0.15) is 0 Å². The molecule has 0 saturated carbocycles. The van der Waals surface area contributed by atoms with E-state index in [1.165, 1.54) is 7.11 Å². The van der Waals surface area contributed by atoms with Gasteiger partial charge in [0, 0.05) is 37.4 Å². The molecule has 10 nitrogen and oxygen atoms in total. The predicted octanol–water partition coefficient (Wildman–Crippen LogP) is 3.26. The average Bonchev–Trinajstić information content (AvgIpc) is 3.27. The maximum Gasteiger partial charge on any atom is 0.261 e. The normalized spacial score (nSPS) is 14.7. The van der Waals surface area contributed by atoms with Crippen molar-refractivity contribution in [1.29, 1.82) is 0 Å². The first-order chi connectivity index (χ1) is 19.0. The number of aliphatic hydroxyl groups excluding tert-OH is 3. The Bertz CT molecular complexity index is 1110. The summed E-state index contributed by atoms with van der Waals surface area (Å²) in [5.41, 5.74) is 1.62. The quantitative estimate of drug-likeness (QED) is 0.413. The Kier molecular flexibility index (Phi) is 19.0. The molecule has 0 spiro atoms. The Balaban J connectivity index is 0.00000149. The molecule has 0 aromatic heterocycles. The van der Waals surface area contributed by atoms with Crippen molar-refractivity contribution in [1.82, 2.24) is 4.90 Å². The molecule has 1 heterocycles. The Labute approximate surface area is 243 Å². The fourth-order valence-electron chi connectivity index (χ4n) is 3.61. The second-order valence-electron chi connectivity index (χ2n) is 8.42. The van der Waals surface area contributed by atoms with Gasteiger partial charge in [0.1, 0.15) is 5.75 Å². The topological polar surface area (TPSA) is 143 Å². The number of ether oxygens (including phenoxy) is 3. The number of aliphatic hydroxyl groups is 3. The lowest BCUT2D eigenvalue weighted by Crippen LogP contribution is -2.43. The zero-order valence-electron chi connectivity index (χ0n) is 24.2. The summed E-state index contributed by atoms with van der Waals surface area (Å²) in [6.45, 7) is 7.67. The summed E-state index contributed by atoms with van der Waals surface area (Å²) in [5.74, 6) is 1.42. The highest BCUT2D eigenvalue weighted by Crippen LogP contribution is 2.29. The summed E-state index contributed by atoms with van der Waals surface area (Å²) in [6, 6.07) is 10.1. The van der Waals surface area contributed by atoms with Gasteiger partial charge in [0.15, 0.2) is 27.9 Å². The molecule has 40 heavy (non-hydrogen) atoms. The van der Waals surface area contributed by atoms with Crippen molar-refractivity contribution >= 4 is 27.3 Å². The summed E-state index contributed by atoms with van der Waals surface area (Å²) in [7, 11) is -0.0759. The molecule has 0 radical (unpaired) electrons. The van der Waals surface area contributed by atoms with Gasteiger partial charge in [-0.05, 0) is 75.6 Å². The van der Waals surface area contributed by atoms with E-state index in [2.05, 4.69) is 0 Å². The van der Waals surface area contributed by atoms with Gasteiger partial charge in [0.05, 0.1) is 25.7 Å². The Hall–Kier alpha value is -2.57. The molecule has 0 bridgehead atoms. The van der Waals surface area contributed by atoms with Crippen LogP contribution in [0.15, 0.2) is 36.4 Å². The van der Waals surface area contributed by atoms with Crippen molar-refractivity contribution in [3.05, 3.63) is 52.5 Å². The molecule has 12 heteroatoms. The monoisotopic (exact) mass is 605 g/mol. The lowest BCUT2D eigenvalue weighted by atomic mass is 10.1. The van der Waals surface area contributed by atoms with Crippen molar-refractivity contribution in [2.75, 3.05) is 52.2 Å². The number of methoxy groups -OCH3 is 2. The molecule has 2 aromatic carbocycles. The average molecular weight is 606 g/mol. The van der Waals surface area contributed by atoms with E-state index in [4.69, 9.17) is 41.1 Å². The third-order valence-corrected chi connectivity index (χ3v) is 7.24. The van der Waals surface area contributed by atoms with Gasteiger partial charge in [0.25, 0.3) is 5.91 Å². The minimum Gasteiger partial charge on any atom is -0.493 e. The zero-order chi connectivity index (χ0) is 30.7. The van der Waals surface area contributed by atoms with Gasteiger partial charge in [-0.15, -0.1) is 0 Å². The highest BCUT2D eigenvalue weighted by atomic mass is 35.5. The fourth-order valence-corrected chi connectivity index (χ4v) is 5.57. The molecule has 3 rings (SSSR count). The molecule has 1 unspecified atom stereocenters. The number of hydrogen-bond donors (Lipinski definition) is 3. The lowest BCUT2D eigenvalue weighted by Gasteiger charge is -2.29. The summed E-state index contributed by atoms with van der Waals surface area (Å²) in [4.78, 5) is 14.7. The zero-order valence-corrected chi connectivity index (χ0v) is 25.8. The minimum atomic E-state index is -3.16. The van der Waals surface area contributed by atoms with Gasteiger partial charge in [0.2, 0.25) is 0 Å². The lowest BCUT2D eigenvalue weighted by molar-refractivity contribution is -0.136. The number of carbonyl (C=O) groups excluding carboxylic acids is 1. The van der Waals surface area contributed by atoms with Crippen molar-refractivity contribution < 1.29 is 42.7 Å². The van der Waals surface area contributed by atoms with Crippen LogP contribution in [0, 0.1) is 6.92 Å². The van der Waals surface area contributed by atoms with Gasteiger partial charge in [-0.25, -0.2) is 8.42 Å². The maximum atomic E-state index is 13.1. The number of carbonyl (C=O) groups is 1. The maximum absolute atomic E-state index is 13.1. The van der Waals surface area contributed by atoms with Gasteiger partial charge >= 0.3 is 0 Å². The van der Waals surface area contributed by atoms with E-state index in [0.717, 1.165) is 11.1 Å². The SMILES string of the molecule is CCO.CCO.CCO.COc1ccc(CN(C(=O)COc2ccc(Cl)cc2C)C2CCS(=O)(=O)C2)cc1OC. The van der Waals surface area contributed by atoms with Gasteiger partial charge < -0.3 is 34.4 Å². The van der Waals surface area contributed by atoms with E-state index >= 15 is 0 Å². The summed E-state index contributed by atoms with van der Waals surface area (Å²) < 4.78 is 40.4. The van der Waals surface area contributed by atoms with Crippen LogP contribution in [0.4, 0.5) is 0 Å². The Morgan fingerprint density at radius 3 is 1.98 bits per heavy atom. The van der Waals surface area contributed by atoms with Crippen LogP contribution in [0.5, 0.6) is 17.2 Å². The minimum absolute atomic E-state index is 0.0496. The van der Waals surface area contributed by atoms with Crippen LogP contribution < -0.4 is 14.2 Å². The molecule has 0 aliphatic carbocycles. The van der Waals surface area contributed by atoms with E-state index in [-0.39, 0.29) is 50.4 Å². The molecule has 228 valence electrons. The van der Waals surface area contributed by atoms with Crippen LogP contribution in [0.1, 0.15) is 38.3 Å². The summed E-state index contributed by atoms with van der Waals surface area (Å²) >= 11 is 5.97. The first-order valence-electron chi connectivity index (χ1n) is 12.9. The predicted molar refractivity (Wildman–Crippen MR) is 157 cm³/mol. The number of amides is 1. The first kappa shape index (κ1) is 37.4. The molecule has 3 N–H and O–H groups in total. The van der Waals surface area contributed by atoms with Crippen LogP contribution in [0.3, 0.4) is 0 Å². The van der Waals surface area contributed by atoms with Gasteiger partial charge in [-0.1, -0.05) is 17.7 Å². The largest absolute Gasteiger partial charge is 0.493 e. The molecular weight excluding hydrogens is 562 g/mol. The molecule has 1 aliphatic rings. The van der Waals surface area contributed by atoms with E-state index < -0.39 is 15.9 Å². The molecule has 1 amide bonds. The highest BCUT2D eigenvalue weighted by molar-refractivity contribution is 7.91. The van der Waals surface area contributed by atoms with E-state index in [1.54, 1.807) is 63.1 Å². The Morgan fingerprint density at radius 2 is 1.50 bits per heavy atom. The van der Waals surface area contributed by atoms with Crippen molar-refractivity contribution in [2.45, 2.75) is 46.7 Å². The van der Waals surface area contributed by atoms with E-state index in [0.29, 0.717) is 28.7 Å². The van der Waals surface area contributed by atoms with Crippen LogP contribution >= 0.6 is 11.6 Å². The van der Waals surface area contributed by atoms with Crippen LogP contribution in [0.2, 0.25) is 5.02 Å². The summed E-state index contributed by atoms with van der Waals surface area (Å²) in [6.07, 6.45) is 0.404. The standard InChI is InChI=1S/C22H26ClNO6S.3C2H6O/c1-15-10-17(23)5-7-19(15)30-13-22(25)24(18-8-9-31(26,27)14-18)12-16-4-6-20(28-2)21(11-16)29-3;3*1-2-3/h4-7,10-11,18H,8-9,12-14H2,1-3H3;3*3H,2H2,1H3. The molecule has 1 saturated heterocycles. The number of halogens is 1. The molecule has 1 aliphatic heterocycles. The fraction of sp³-hybridized carbons (Fsp3) is 0.536. The van der Waals surface area contributed by atoms with Crippen molar-refractivity contribution in [2.24, 2.45) is 0 Å². The molecular formula is C28H44ClNO9S. The number of hydrogen-bond acceptors (Lipinski definition) is 9. The van der Waals surface area contributed by atoms with Crippen molar-refractivity contribution in [3.8, 4) is 17.2 Å². The molecule has 1 atom stereocenters. The van der Waals surface area contributed by atoms with Crippen molar-refractivity contribution in [3.63, 3.8) is 0 Å². The third-order valence-electron chi connectivity index (χ3n) is 5.26. The second-order valence-corrected chi connectivity index (χ2v) is 11.1. The van der Waals surface area contributed by atoms with Crippen LogP contribution in [0.25, 0.3) is 0 Å².